The van der Waals surface area contributed by atoms with E-state index < -0.39 is 17.6 Å². The van der Waals surface area contributed by atoms with E-state index in [1.165, 1.54) is 6.07 Å². The molecule has 17 heavy (non-hydrogen) atoms. The van der Waals surface area contributed by atoms with Crippen LogP contribution in [0, 0.1) is 18.3 Å². The molecule has 1 unspecified atom stereocenters. The van der Waals surface area contributed by atoms with Gasteiger partial charge in [-0.05, 0) is 24.6 Å². The van der Waals surface area contributed by atoms with Crippen molar-refractivity contribution in [1.82, 2.24) is 0 Å². The summed E-state index contributed by atoms with van der Waals surface area (Å²) in [6.45, 7) is 1.17. The van der Waals surface area contributed by atoms with E-state index in [1.807, 2.05) is 6.07 Å². The van der Waals surface area contributed by atoms with Crippen LogP contribution in [0.15, 0.2) is 18.2 Å². The first-order valence-corrected chi connectivity index (χ1v) is 5.60. The third kappa shape index (κ3) is 3.93. The summed E-state index contributed by atoms with van der Waals surface area (Å²) in [5, 5.41) is 8.66. The average Bonchev–Trinajstić information content (AvgIpc) is 2.26. The van der Waals surface area contributed by atoms with Crippen LogP contribution < -0.4 is 4.74 Å². The predicted octanol–water partition coefficient (Wildman–Crippen LogP) is 3.57. The van der Waals surface area contributed by atoms with Gasteiger partial charge in [0.25, 0.3) is 0 Å². The van der Waals surface area contributed by atoms with E-state index in [2.05, 4.69) is 15.9 Å². The van der Waals surface area contributed by atoms with Crippen LogP contribution in [-0.4, -0.2) is 17.6 Å². The van der Waals surface area contributed by atoms with Crippen molar-refractivity contribution in [2.45, 2.75) is 17.9 Å². The lowest BCUT2D eigenvalue weighted by Crippen LogP contribution is -2.29. The summed E-state index contributed by atoms with van der Waals surface area (Å²) >= 11 is 2.50. The molecule has 0 aliphatic rings. The van der Waals surface area contributed by atoms with Gasteiger partial charge >= 0.3 is 6.18 Å². The van der Waals surface area contributed by atoms with Crippen molar-refractivity contribution in [2.24, 2.45) is 0 Å². The zero-order valence-corrected chi connectivity index (χ0v) is 10.5. The number of halogens is 4. The molecule has 1 aromatic rings. The maximum atomic E-state index is 12.2. The molecule has 0 radical (unpaired) electrons. The number of aryl methyl sites for hydroxylation is 1. The Labute approximate surface area is 105 Å². The van der Waals surface area contributed by atoms with Crippen molar-refractivity contribution >= 4 is 15.9 Å². The van der Waals surface area contributed by atoms with Crippen molar-refractivity contribution in [3.63, 3.8) is 0 Å². The van der Waals surface area contributed by atoms with Crippen LogP contribution in [0.5, 0.6) is 5.75 Å². The van der Waals surface area contributed by atoms with Gasteiger partial charge in [0, 0.05) is 0 Å². The maximum Gasteiger partial charge on any atom is 0.404 e. The Morgan fingerprint density at radius 3 is 2.65 bits per heavy atom. The summed E-state index contributed by atoms with van der Waals surface area (Å²) < 4.78 is 41.7. The van der Waals surface area contributed by atoms with Gasteiger partial charge in [0.1, 0.15) is 17.2 Å². The molecule has 6 heteroatoms. The molecular formula is C11H9BrF3NO. The highest BCUT2D eigenvalue weighted by Crippen LogP contribution is 2.28. The third-order valence-electron chi connectivity index (χ3n) is 2.06. The largest absolute Gasteiger partial charge is 0.492 e. The van der Waals surface area contributed by atoms with Gasteiger partial charge < -0.3 is 4.74 Å². The van der Waals surface area contributed by atoms with E-state index in [-0.39, 0.29) is 5.75 Å². The molecule has 1 atom stereocenters. The SMILES string of the molecule is Cc1ccc(C#N)cc1OCC(Br)C(F)(F)F. The fourth-order valence-electron chi connectivity index (χ4n) is 1.08. The Bertz CT molecular complexity index is 439. The van der Waals surface area contributed by atoms with Crippen LogP contribution >= 0.6 is 15.9 Å². The number of nitrogens with zero attached hydrogens (tertiary/aromatic N) is 1. The number of benzene rings is 1. The molecule has 0 saturated heterocycles. The molecule has 1 aromatic carbocycles. The lowest BCUT2D eigenvalue weighted by molar-refractivity contribution is -0.132. The van der Waals surface area contributed by atoms with Crippen molar-refractivity contribution in [3.05, 3.63) is 29.3 Å². The number of hydrogen-bond acceptors (Lipinski definition) is 2. The van der Waals surface area contributed by atoms with Crippen molar-refractivity contribution < 1.29 is 17.9 Å². The molecule has 0 spiro atoms. The second kappa shape index (κ2) is 5.41. The Morgan fingerprint density at radius 2 is 2.12 bits per heavy atom. The second-order valence-corrected chi connectivity index (χ2v) is 4.52. The summed E-state index contributed by atoms with van der Waals surface area (Å²) in [5.74, 6) is 0.290. The van der Waals surface area contributed by atoms with E-state index in [4.69, 9.17) is 10.00 Å². The number of alkyl halides is 4. The molecule has 0 aliphatic carbocycles. The molecule has 0 amide bonds. The molecule has 0 aliphatic heterocycles. The van der Waals surface area contributed by atoms with Crippen molar-refractivity contribution in [3.8, 4) is 11.8 Å². The molecular weight excluding hydrogens is 299 g/mol. The van der Waals surface area contributed by atoms with Gasteiger partial charge in [-0.2, -0.15) is 18.4 Å². The van der Waals surface area contributed by atoms with E-state index in [9.17, 15) is 13.2 Å². The highest BCUT2D eigenvalue weighted by atomic mass is 79.9. The molecule has 0 bridgehead atoms. The first-order valence-electron chi connectivity index (χ1n) is 4.69. The maximum absolute atomic E-state index is 12.2. The minimum absolute atomic E-state index is 0.290. The molecule has 2 nitrogen and oxygen atoms in total. The Balaban J connectivity index is 2.73. The van der Waals surface area contributed by atoms with E-state index in [1.54, 1.807) is 19.1 Å². The number of ether oxygens (including phenoxy) is 1. The third-order valence-corrected chi connectivity index (χ3v) is 2.84. The van der Waals surface area contributed by atoms with Gasteiger partial charge in [0.2, 0.25) is 0 Å². The van der Waals surface area contributed by atoms with E-state index >= 15 is 0 Å². The van der Waals surface area contributed by atoms with Crippen LogP contribution in [0.25, 0.3) is 0 Å². The van der Waals surface area contributed by atoms with Gasteiger partial charge in [-0.3, -0.25) is 0 Å². The topological polar surface area (TPSA) is 33.0 Å². The molecule has 0 N–H and O–H groups in total. The highest BCUT2D eigenvalue weighted by molar-refractivity contribution is 9.09. The van der Waals surface area contributed by atoms with Crippen LogP contribution in [0.4, 0.5) is 13.2 Å². The van der Waals surface area contributed by atoms with Gasteiger partial charge in [0.15, 0.2) is 0 Å². The Kier molecular flexibility index (Phi) is 4.40. The first-order chi connectivity index (χ1) is 7.84. The smallest absolute Gasteiger partial charge is 0.404 e. The molecule has 0 fully saturated rings. The van der Waals surface area contributed by atoms with E-state index in [0.717, 1.165) is 0 Å². The quantitative estimate of drug-likeness (QED) is 0.800. The van der Waals surface area contributed by atoms with E-state index in [0.29, 0.717) is 11.1 Å². The minimum atomic E-state index is -4.35. The van der Waals surface area contributed by atoms with Crippen LogP contribution in [-0.2, 0) is 0 Å². The standard InChI is InChI=1S/C11H9BrF3NO/c1-7-2-3-8(5-16)4-9(7)17-6-10(12)11(13,14)15/h2-4,10H,6H2,1H3. The highest BCUT2D eigenvalue weighted by Gasteiger charge is 2.38. The number of rotatable bonds is 3. The fourth-order valence-corrected chi connectivity index (χ4v) is 1.21. The summed E-state index contributed by atoms with van der Waals surface area (Å²) in [6.07, 6.45) is -4.35. The second-order valence-electron chi connectivity index (χ2n) is 3.41. The normalized spacial score (nSPS) is 12.9. The monoisotopic (exact) mass is 307 g/mol. The lowest BCUT2D eigenvalue weighted by Gasteiger charge is -2.16. The van der Waals surface area contributed by atoms with Gasteiger partial charge in [-0.1, -0.05) is 22.0 Å². The van der Waals surface area contributed by atoms with Gasteiger partial charge in [-0.25, -0.2) is 0 Å². The zero-order valence-electron chi connectivity index (χ0n) is 8.88. The van der Waals surface area contributed by atoms with Crippen LogP contribution in [0.1, 0.15) is 11.1 Å². The zero-order chi connectivity index (χ0) is 13.1. The summed E-state index contributed by atoms with van der Waals surface area (Å²) in [4.78, 5) is -1.72. The van der Waals surface area contributed by atoms with Gasteiger partial charge in [0.05, 0.1) is 11.6 Å². The fraction of sp³-hybridized carbons (Fsp3) is 0.364. The molecule has 92 valence electrons. The average molecular weight is 308 g/mol. The Morgan fingerprint density at radius 1 is 1.47 bits per heavy atom. The number of nitriles is 1. The summed E-state index contributed by atoms with van der Waals surface area (Å²) in [7, 11) is 0. The van der Waals surface area contributed by atoms with Crippen LogP contribution in [0.3, 0.4) is 0 Å². The lowest BCUT2D eigenvalue weighted by atomic mass is 10.1. The predicted molar refractivity (Wildman–Crippen MR) is 60.2 cm³/mol. The summed E-state index contributed by atoms with van der Waals surface area (Å²) in [5.41, 5.74) is 1.04. The number of hydrogen-bond donors (Lipinski definition) is 0. The molecule has 0 saturated carbocycles. The molecule has 0 heterocycles. The first kappa shape index (κ1) is 13.8. The van der Waals surface area contributed by atoms with Crippen molar-refractivity contribution in [2.75, 3.05) is 6.61 Å². The van der Waals surface area contributed by atoms with Gasteiger partial charge in [-0.15, -0.1) is 0 Å². The van der Waals surface area contributed by atoms with Crippen molar-refractivity contribution in [1.29, 1.82) is 5.26 Å². The summed E-state index contributed by atoms with van der Waals surface area (Å²) in [6, 6.07) is 6.53. The molecule has 0 aromatic heterocycles. The molecule has 1 rings (SSSR count). The Hall–Kier alpha value is -1.22. The van der Waals surface area contributed by atoms with Crippen LogP contribution in [0.2, 0.25) is 0 Å². The minimum Gasteiger partial charge on any atom is -0.492 e.